The first-order valence-electron chi connectivity index (χ1n) is 8.51. The number of nitrogens with zero attached hydrogens (tertiary/aromatic N) is 2. The van der Waals surface area contributed by atoms with Crippen molar-refractivity contribution < 1.29 is 8.78 Å². The van der Waals surface area contributed by atoms with Crippen molar-refractivity contribution in [3.8, 4) is 0 Å². The summed E-state index contributed by atoms with van der Waals surface area (Å²) in [6, 6.07) is 6.88. The number of hydrogen-bond donors (Lipinski definition) is 0. The van der Waals surface area contributed by atoms with Crippen LogP contribution in [0.4, 0.5) is 8.78 Å². The molecule has 0 N–H and O–H groups in total. The molecule has 1 fully saturated rings. The van der Waals surface area contributed by atoms with Crippen molar-refractivity contribution in [3.63, 3.8) is 0 Å². The van der Waals surface area contributed by atoms with Crippen molar-refractivity contribution in [1.82, 2.24) is 9.80 Å². The highest BCUT2D eigenvalue weighted by molar-refractivity contribution is 5.35. The number of allylic oxidation sites excluding steroid dienone is 4. The van der Waals surface area contributed by atoms with Crippen molar-refractivity contribution in [3.05, 3.63) is 71.4 Å². The molecule has 4 heteroatoms. The predicted molar refractivity (Wildman–Crippen MR) is 94.0 cm³/mol. The Balaban J connectivity index is 1.84. The van der Waals surface area contributed by atoms with Crippen LogP contribution in [0.25, 0.3) is 0 Å². The smallest absolute Gasteiger partial charge is 0.123 e. The number of halogens is 2. The minimum Gasteiger partial charge on any atom is -0.304 e. The van der Waals surface area contributed by atoms with Gasteiger partial charge in [0.1, 0.15) is 11.6 Å². The number of piperazine rings is 1. The first-order valence-corrected chi connectivity index (χ1v) is 8.51. The van der Waals surface area contributed by atoms with Gasteiger partial charge in [0, 0.05) is 38.6 Å². The van der Waals surface area contributed by atoms with E-state index in [0.29, 0.717) is 6.42 Å². The molecule has 0 bridgehead atoms. The molecule has 2 aliphatic rings. The van der Waals surface area contributed by atoms with Gasteiger partial charge in [-0.1, -0.05) is 30.4 Å². The second kappa shape index (κ2) is 7.86. The molecule has 1 unspecified atom stereocenters. The summed E-state index contributed by atoms with van der Waals surface area (Å²) in [7, 11) is 2.13. The van der Waals surface area contributed by atoms with Crippen molar-refractivity contribution in [2.45, 2.75) is 18.9 Å². The van der Waals surface area contributed by atoms with Crippen molar-refractivity contribution in [2.24, 2.45) is 0 Å². The van der Waals surface area contributed by atoms with Crippen LogP contribution in [-0.2, 0) is 6.42 Å². The van der Waals surface area contributed by atoms with E-state index in [-0.39, 0.29) is 17.7 Å². The van der Waals surface area contributed by atoms with Crippen LogP contribution in [0, 0.1) is 5.82 Å². The highest BCUT2D eigenvalue weighted by atomic mass is 19.1. The number of hydrogen-bond acceptors (Lipinski definition) is 2. The average Bonchev–Trinajstić information content (AvgIpc) is 2.80. The van der Waals surface area contributed by atoms with Gasteiger partial charge in [-0.3, -0.25) is 4.90 Å². The molecule has 2 nitrogen and oxygen atoms in total. The zero-order chi connectivity index (χ0) is 16.9. The van der Waals surface area contributed by atoms with E-state index >= 15 is 0 Å². The lowest BCUT2D eigenvalue weighted by molar-refractivity contribution is 0.126. The van der Waals surface area contributed by atoms with E-state index in [1.807, 2.05) is 30.4 Å². The van der Waals surface area contributed by atoms with Gasteiger partial charge in [-0.2, -0.15) is 0 Å². The fourth-order valence-corrected chi connectivity index (χ4v) is 3.28. The zero-order valence-electron chi connectivity index (χ0n) is 14.1. The first kappa shape index (κ1) is 17.1. The van der Waals surface area contributed by atoms with Gasteiger partial charge in [0.05, 0.1) is 0 Å². The molecule has 0 saturated carbocycles. The fraction of sp³-hybridized carbons (Fsp3) is 0.400. The largest absolute Gasteiger partial charge is 0.304 e. The van der Waals surface area contributed by atoms with E-state index in [4.69, 9.17) is 0 Å². The van der Waals surface area contributed by atoms with Crippen LogP contribution in [0.15, 0.2) is 60.0 Å². The van der Waals surface area contributed by atoms with Gasteiger partial charge in [0.25, 0.3) is 0 Å². The molecular formula is C20H24F2N2. The lowest BCUT2D eigenvalue weighted by Crippen LogP contribution is -2.50. The van der Waals surface area contributed by atoms with Crippen LogP contribution < -0.4 is 0 Å². The maximum atomic E-state index is 13.5. The van der Waals surface area contributed by atoms with Crippen LogP contribution in [0.1, 0.15) is 12.0 Å². The molecule has 0 radical (unpaired) electrons. The monoisotopic (exact) mass is 330 g/mol. The third-order valence-electron chi connectivity index (χ3n) is 4.79. The zero-order valence-corrected chi connectivity index (χ0v) is 14.1. The maximum Gasteiger partial charge on any atom is 0.123 e. The summed E-state index contributed by atoms with van der Waals surface area (Å²) in [5.74, 6) is -0.325. The summed E-state index contributed by atoms with van der Waals surface area (Å²) < 4.78 is 26.7. The Morgan fingerprint density at radius 1 is 1.00 bits per heavy atom. The minimum atomic E-state index is -0.214. The second-order valence-corrected chi connectivity index (χ2v) is 6.57. The molecule has 1 aliphatic carbocycles. The molecule has 1 aliphatic heterocycles. The Hall–Kier alpha value is -1.78. The molecule has 24 heavy (non-hydrogen) atoms. The molecular weight excluding hydrogens is 306 g/mol. The Morgan fingerprint density at radius 2 is 1.71 bits per heavy atom. The van der Waals surface area contributed by atoms with Crippen molar-refractivity contribution in [1.29, 1.82) is 0 Å². The van der Waals surface area contributed by atoms with Gasteiger partial charge in [-0.15, -0.1) is 0 Å². The third-order valence-corrected chi connectivity index (χ3v) is 4.79. The number of likely N-dealkylation sites (N-methyl/N-ethyl adjacent to an activating group) is 1. The molecule has 3 rings (SSSR count). The SMILES string of the molecule is CN1CCN(C(Cc2ccc(F)cc2)C2=CC=C(F)CC=C2)CC1. The van der Waals surface area contributed by atoms with Gasteiger partial charge >= 0.3 is 0 Å². The average molecular weight is 330 g/mol. The number of rotatable bonds is 4. The maximum absolute atomic E-state index is 13.5. The number of benzene rings is 1. The molecule has 0 amide bonds. The van der Waals surface area contributed by atoms with Crippen LogP contribution in [0.5, 0.6) is 0 Å². The topological polar surface area (TPSA) is 6.48 Å². The molecule has 1 saturated heterocycles. The third kappa shape index (κ3) is 4.40. The normalized spacial score (nSPS) is 21.1. The summed E-state index contributed by atoms with van der Waals surface area (Å²) in [4.78, 5) is 4.78. The van der Waals surface area contributed by atoms with E-state index in [1.54, 1.807) is 6.08 Å². The summed E-state index contributed by atoms with van der Waals surface area (Å²) in [5, 5.41) is 0. The summed E-state index contributed by atoms with van der Waals surface area (Å²) in [5.41, 5.74) is 2.22. The van der Waals surface area contributed by atoms with E-state index in [9.17, 15) is 8.78 Å². The van der Waals surface area contributed by atoms with Gasteiger partial charge in [-0.25, -0.2) is 8.78 Å². The molecule has 1 aromatic rings. The van der Waals surface area contributed by atoms with Gasteiger partial charge < -0.3 is 4.90 Å². The standard InChI is InChI=1S/C20H24F2N2/c1-23-11-13-24(14-12-23)20(15-16-5-8-19(22)9-6-16)17-3-2-4-18(21)10-7-17/h2-3,5-10,20H,4,11-15H2,1H3. The van der Waals surface area contributed by atoms with Crippen molar-refractivity contribution >= 4 is 0 Å². The molecule has 0 aromatic heterocycles. The van der Waals surface area contributed by atoms with E-state index in [0.717, 1.165) is 43.7 Å². The molecule has 128 valence electrons. The van der Waals surface area contributed by atoms with E-state index in [2.05, 4.69) is 16.8 Å². The van der Waals surface area contributed by atoms with Crippen molar-refractivity contribution in [2.75, 3.05) is 33.2 Å². The highest BCUT2D eigenvalue weighted by Gasteiger charge is 2.25. The molecule has 1 aromatic carbocycles. The van der Waals surface area contributed by atoms with E-state index < -0.39 is 0 Å². The molecule has 1 heterocycles. The van der Waals surface area contributed by atoms with Crippen LogP contribution in [0.3, 0.4) is 0 Å². The van der Waals surface area contributed by atoms with Gasteiger partial charge in [0.2, 0.25) is 0 Å². The quantitative estimate of drug-likeness (QED) is 0.830. The fourth-order valence-electron chi connectivity index (χ4n) is 3.28. The molecule has 1 atom stereocenters. The van der Waals surface area contributed by atoms with Gasteiger partial charge in [0.15, 0.2) is 0 Å². The van der Waals surface area contributed by atoms with Crippen LogP contribution in [0.2, 0.25) is 0 Å². The highest BCUT2D eigenvalue weighted by Crippen LogP contribution is 2.23. The Labute approximate surface area is 142 Å². The van der Waals surface area contributed by atoms with Gasteiger partial charge in [-0.05, 0) is 42.8 Å². The Kier molecular flexibility index (Phi) is 5.59. The van der Waals surface area contributed by atoms with E-state index in [1.165, 1.54) is 12.1 Å². The lowest BCUT2D eigenvalue weighted by atomic mass is 9.96. The lowest BCUT2D eigenvalue weighted by Gasteiger charge is -2.38. The minimum absolute atomic E-state index is 0.111. The summed E-state index contributed by atoms with van der Waals surface area (Å²) >= 11 is 0. The Bertz CT molecular complexity index is 638. The Morgan fingerprint density at radius 3 is 2.42 bits per heavy atom. The van der Waals surface area contributed by atoms with Crippen LogP contribution >= 0.6 is 0 Å². The summed E-state index contributed by atoms with van der Waals surface area (Å²) in [6.07, 6.45) is 8.55. The summed E-state index contributed by atoms with van der Waals surface area (Å²) in [6.45, 7) is 4.03. The first-order chi connectivity index (χ1) is 11.6. The van der Waals surface area contributed by atoms with Crippen LogP contribution in [-0.4, -0.2) is 49.1 Å². The predicted octanol–water partition coefficient (Wildman–Crippen LogP) is 3.72. The molecule has 0 spiro atoms. The second-order valence-electron chi connectivity index (χ2n) is 6.57.